The van der Waals surface area contributed by atoms with Gasteiger partial charge in [-0.1, -0.05) is 13.8 Å². The quantitative estimate of drug-likeness (QED) is 0.727. The Morgan fingerprint density at radius 3 is 2.50 bits per heavy atom. The summed E-state index contributed by atoms with van der Waals surface area (Å²) in [5.74, 6) is -0.276. The fourth-order valence-corrected chi connectivity index (χ4v) is 2.74. The Labute approximate surface area is 108 Å². The molecule has 7 heteroatoms. The average molecular weight is 276 g/mol. The van der Waals surface area contributed by atoms with Crippen LogP contribution in [0.2, 0.25) is 0 Å². The molecule has 1 atom stereocenters. The van der Waals surface area contributed by atoms with Gasteiger partial charge in [0.05, 0.1) is 12.3 Å². The molecule has 0 aromatic rings. The van der Waals surface area contributed by atoms with Crippen molar-refractivity contribution in [1.29, 1.82) is 0 Å². The zero-order valence-electron chi connectivity index (χ0n) is 11.0. The van der Waals surface area contributed by atoms with E-state index in [0.29, 0.717) is 13.0 Å². The third kappa shape index (κ3) is 3.97. The topological polar surface area (TPSA) is 83.6 Å². The van der Waals surface area contributed by atoms with Crippen LogP contribution in [0.1, 0.15) is 20.3 Å². The van der Waals surface area contributed by atoms with Crippen LogP contribution in [0.25, 0.3) is 0 Å². The highest BCUT2D eigenvalue weighted by Crippen LogP contribution is 2.15. The molecule has 1 aliphatic rings. The molecule has 6 nitrogen and oxygen atoms in total. The van der Waals surface area contributed by atoms with Crippen LogP contribution in [0.4, 0.5) is 0 Å². The molecule has 1 N–H and O–H groups in total. The second-order valence-corrected chi connectivity index (χ2v) is 7.24. The zero-order chi connectivity index (χ0) is 13.9. The van der Waals surface area contributed by atoms with Crippen molar-refractivity contribution >= 4 is 21.7 Å². The first kappa shape index (κ1) is 14.9. The van der Waals surface area contributed by atoms with E-state index < -0.39 is 15.9 Å². The molecule has 1 aliphatic heterocycles. The smallest absolute Gasteiger partial charge is 0.243 e. The number of carbonyl (C=O) groups is 2. The molecule has 18 heavy (non-hydrogen) atoms. The lowest BCUT2D eigenvalue weighted by Gasteiger charge is -2.37. The molecule has 2 amide bonds. The summed E-state index contributed by atoms with van der Waals surface area (Å²) in [5.41, 5.74) is 0. The van der Waals surface area contributed by atoms with Gasteiger partial charge in [0.15, 0.2) is 0 Å². The van der Waals surface area contributed by atoms with E-state index in [1.807, 2.05) is 13.8 Å². The lowest BCUT2D eigenvalue weighted by molar-refractivity contribution is -0.147. The standard InChI is InChI=1S/C11H20N2O4S/c1-8(2)10-11(15)12-7-9(14)13(10)5-4-6-18(3,16)17/h8,10H,4-7H2,1-3H3,(H,12,15). The Hall–Kier alpha value is -1.11. The summed E-state index contributed by atoms with van der Waals surface area (Å²) in [4.78, 5) is 25.0. The maximum absolute atomic E-state index is 11.8. The maximum Gasteiger partial charge on any atom is 0.243 e. The summed E-state index contributed by atoms with van der Waals surface area (Å²) in [6.45, 7) is 4.04. The molecule has 0 aromatic heterocycles. The molecule has 0 aromatic carbocycles. The summed E-state index contributed by atoms with van der Waals surface area (Å²) in [7, 11) is -3.03. The van der Waals surface area contributed by atoms with Gasteiger partial charge < -0.3 is 10.2 Å². The van der Waals surface area contributed by atoms with Gasteiger partial charge in [0, 0.05) is 12.8 Å². The van der Waals surface area contributed by atoms with Gasteiger partial charge in [-0.05, 0) is 12.3 Å². The monoisotopic (exact) mass is 276 g/mol. The number of hydrogen-bond donors (Lipinski definition) is 1. The Kier molecular flexibility index (Phi) is 4.72. The van der Waals surface area contributed by atoms with Crippen LogP contribution in [0, 0.1) is 5.92 Å². The summed E-state index contributed by atoms with van der Waals surface area (Å²) >= 11 is 0. The van der Waals surface area contributed by atoms with Gasteiger partial charge >= 0.3 is 0 Å². The number of nitrogens with one attached hydrogen (secondary N) is 1. The maximum atomic E-state index is 11.8. The predicted octanol–water partition coefficient (Wildman–Crippen LogP) is -0.596. The third-order valence-electron chi connectivity index (χ3n) is 2.88. The highest BCUT2D eigenvalue weighted by atomic mass is 32.2. The van der Waals surface area contributed by atoms with Crippen LogP contribution >= 0.6 is 0 Å². The number of nitrogens with zero attached hydrogens (tertiary/aromatic N) is 1. The first-order valence-corrected chi connectivity index (χ1v) is 8.03. The number of piperazine rings is 1. The second-order valence-electron chi connectivity index (χ2n) is 4.98. The van der Waals surface area contributed by atoms with Crippen molar-refractivity contribution < 1.29 is 18.0 Å². The molecule has 0 saturated carbocycles. The molecule has 1 rings (SSSR count). The Bertz CT molecular complexity index is 430. The van der Waals surface area contributed by atoms with Gasteiger partial charge in [-0.2, -0.15) is 0 Å². The number of hydrogen-bond acceptors (Lipinski definition) is 4. The Balaban J connectivity index is 2.69. The van der Waals surface area contributed by atoms with E-state index in [1.54, 1.807) is 0 Å². The molecular formula is C11H20N2O4S. The molecule has 104 valence electrons. The van der Waals surface area contributed by atoms with Gasteiger partial charge in [0.25, 0.3) is 0 Å². The van der Waals surface area contributed by atoms with Crippen molar-refractivity contribution in [3.63, 3.8) is 0 Å². The van der Waals surface area contributed by atoms with Crippen molar-refractivity contribution in [1.82, 2.24) is 10.2 Å². The van der Waals surface area contributed by atoms with Crippen molar-refractivity contribution in [2.75, 3.05) is 25.1 Å². The summed E-state index contributed by atoms with van der Waals surface area (Å²) < 4.78 is 22.1. The highest BCUT2D eigenvalue weighted by Gasteiger charge is 2.35. The normalized spacial score (nSPS) is 21.3. The van der Waals surface area contributed by atoms with Gasteiger partial charge in [-0.25, -0.2) is 8.42 Å². The molecule has 1 fully saturated rings. The van der Waals surface area contributed by atoms with Gasteiger partial charge in [0.2, 0.25) is 11.8 Å². The molecular weight excluding hydrogens is 256 g/mol. The van der Waals surface area contributed by atoms with E-state index in [-0.39, 0.29) is 30.0 Å². The molecule has 1 heterocycles. The highest BCUT2D eigenvalue weighted by molar-refractivity contribution is 7.90. The van der Waals surface area contributed by atoms with Crippen LogP contribution in [-0.2, 0) is 19.4 Å². The van der Waals surface area contributed by atoms with E-state index in [1.165, 1.54) is 4.90 Å². The SMILES string of the molecule is CC(C)C1C(=O)NCC(=O)N1CCCS(C)(=O)=O. The first-order valence-electron chi connectivity index (χ1n) is 5.97. The number of rotatable bonds is 5. The van der Waals surface area contributed by atoms with Crippen molar-refractivity contribution in [3.05, 3.63) is 0 Å². The lowest BCUT2D eigenvalue weighted by Crippen LogP contribution is -2.60. The summed E-state index contributed by atoms with van der Waals surface area (Å²) in [5, 5.41) is 2.55. The molecule has 0 bridgehead atoms. The van der Waals surface area contributed by atoms with Gasteiger partial charge in [-0.15, -0.1) is 0 Å². The van der Waals surface area contributed by atoms with Crippen LogP contribution in [-0.4, -0.2) is 56.3 Å². The number of sulfone groups is 1. The van der Waals surface area contributed by atoms with Crippen LogP contribution in [0.5, 0.6) is 0 Å². The van der Waals surface area contributed by atoms with Gasteiger partial charge in [-0.3, -0.25) is 9.59 Å². The van der Waals surface area contributed by atoms with E-state index in [2.05, 4.69) is 5.32 Å². The third-order valence-corrected chi connectivity index (χ3v) is 3.91. The minimum Gasteiger partial charge on any atom is -0.345 e. The van der Waals surface area contributed by atoms with E-state index in [0.717, 1.165) is 6.26 Å². The molecule has 0 spiro atoms. The van der Waals surface area contributed by atoms with Crippen LogP contribution < -0.4 is 5.32 Å². The zero-order valence-corrected chi connectivity index (χ0v) is 11.8. The fourth-order valence-electron chi connectivity index (χ4n) is 2.09. The Morgan fingerprint density at radius 2 is 2.00 bits per heavy atom. The fraction of sp³-hybridized carbons (Fsp3) is 0.818. The van der Waals surface area contributed by atoms with Crippen molar-refractivity contribution in [3.8, 4) is 0 Å². The van der Waals surface area contributed by atoms with E-state index in [9.17, 15) is 18.0 Å². The molecule has 0 radical (unpaired) electrons. The summed E-state index contributed by atoms with van der Waals surface area (Å²) in [6.07, 6.45) is 1.53. The van der Waals surface area contributed by atoms with Gasteiger partial charge in [0.1, 0.15) is 15.9 Å². The molecule has 0 aliphatic carbocycles. The minimum atomic E-state index is -3.03. The lowest BCUT2D eigenvalue weighted by atomic mass is 9.99. The molecule has 1 saturated heterocycles. The number of carbonyl (C=O) groups excluding carboxylic acids is 2. The Morgan fingerprint density at radius 1 is 1.39 bits per heavy atom. The second kappa shape index (κ2) is 5.69. The first-order chi connectivity index (χ1) is 8.22. The number of amides is 2. The summed E-state index contributed by atoms with van der Waals surface area (Å²) in [6, 6.07) is -0.495. The minimum absolute atomic E-state index is 0.000921. The van der Waals surface area contributed by atoms with E-state index >= 15 is 0 Å². The average Bonchev–Trinajstić information content (AvgIpc) is 2.20. The van der Waals surface area contributed by atoms with Crippen LogP contribution in [0.15, 0.2) is 0 Å². The van der Waals surface area contributed by atoms with Crippen LogP contribution in [0.3, 0.4) is 0 Å². The predicted molar refractivity (Wildman–Crippen MR) is 67.7 cm³/mol. The van der Waals surface area contributed by atoms with Crippen molar-refractivity contribution in [2.24, 2.45) is 5.92 Å². The van der Waals surface area contributed by atoms with Crippen molar-refractivity contribution in [2.45, 2.75) is 26.3 Å². The molecule has 1 unspecified atom stereocenters. The van der Waals surface area contributed by atoms with E-state index in [4.69, 9.17) is 0 Å². The largest absolute Gasteiger partial charge is 0.345 e.